The van der Waals surface area contributed by atoms with E-state index in [-0.39, 0.29) is 5.41 Å². The zero-order valence-electron chi connectivity index (χ0n) is 11.0. The molecule has 2 aromatic heterocycles. The largest absolute Gasteiger partial charge is 0.309 e. The van der Waals surface area contributed by atoms with Crippen molar-refractivity contribution in [3.05, 3.63) is 22.4 Å². The van der Waals surface area contributed by atoms with E-state index in [0.717, 1.165) is 6.54 Å². The Balaban J connectivity index is 2.28. The molecular formula is C14H21NS2. The summed E-state index contributed by atoms with van der Waals surface area (Å²) in [6.45, 7) is 10.3. The van der Waals surface area contributed by atoms with Gasteiger partial charge in [-0.3, -0.25) is 0 Å². The molecule has 1 N–H and O–H groups in total. The lowest BCUT2D eigenvalue weighted by Gasteiger charge is -2.30. The van der Waals surface area contributed by atoms with Crippen LogP contribution in [0.4, 0.5) is 0 Å². The predicted molar refractivity (Wildman–Crippen MR) is 80.2 cm³/mol. The Bertz CT molecular complexity index is 447. The maximum atomic E-state index is 3.69. The third-order valence-corrected chi connectivity index (χ3v) is 5.07. The second kappa shape index (κ2) is 5.09. The van der Waals surface area contributed by atoms with Crippen molar-refractivity contribution in [3.8, 4) is 0 Å². The second-order valence-electron chi connectivity index (χ2n) is 5.55. The first-order chi connectivity index (χ1) is 8.02. The Morgan fingerprint density at radius 1 is 1.29 bits per heavy atom. The lowest BCUT2D eigenvalue weighted by atomic mass is 9.86. The van der Waals surface area contributed by atoms with E-state index in [0.29, 0.717) is 6.04 Å². The average Bonchev–Trinajstić information content (AvgIpc) is 2.76. The Morgan fingerprint density at radius 2 is 2.06 bits per heavy atom. The molecule has 1 unspecified atom stereocenters. The molecule has 0 saturated heterocycles. The Hall–Kier alpha value is -0.380. The lowest BCUT2D eigenvalue weighted by Crippen LogP contribution is -2.32. The summed E-state index contributed by atoms with van der Waals surface area (Å²) in [4.78, 5) is 1.48. The normalized spacial score (nSPS) is 14.4. The van der Waals surface area contributed by atoms with Crippen LogP contribution in [0.3, 0.4) is 0 Å². The van der Waals surface area contributed by atoms with Crippen LogP contribution in [0.5, 0.6) is 0 Å². The first-order valence-electron chi connectivity index (χ1n) is 6.22. The lowest BCUT2D eigenvalue weighted by molar-refractivity contribution is 0.277. The van der Waals surface area contributed by atoms with Gasteiger partial charge in [0, 0.05) is 20.3 Å². The second-order valence-corrected chi connectivity index (χ2v) is 7.61. The van der Waals surface area contributed by atoms with Gasteiger partial charge in [0.15, 0.2) is 0 Å². The van der Waals surface area contributed by atoms with Crippen molar-refractivity contribution < 1.29 is 0 Å². The first-order valence-corrected chi connectivity index (χ1v) is 7.92. The number of hydrogen-bond acceptors (Lipinski definition) is 3. The van der Waals surface area contributed by atoms with Crippen LogP contribution in [-0.2, 0) is 0 Å². The molecule has 1 atom stereocenters. The van der Waals surface area contributed by atoms with Crippen LogP contribution in [0.15, 0.2) is 17.5 Å². The molecule has 0 aromatic carbocycles. The summed E-state index contributed by atoms with van der Waals surface area (Å²) in [6.07, 6.45) is 1.19. The van der Waals surface area contributed by atoms with Crippen LogP contribution < -0.4 is 5.32 Å². The fourth-order valence-corrected chi connectivity index (χ4v) is 4.49. The van der Waals surface area contributed by atoms with Gasteiger partial charge in [0.25, 0.3) is 0 Å². The van der Waals surface area contributed by atoms with Crippen LogP contribution >= 0.6 is 22.7 Å². The topological polar surface area (TPSA) is 12.0 Å². The van der Waals surface area contributed by atoms with Crippen LogP contribution in [0, 0.1) is 5.41 Å². The SMILES string of the molecule is CCCNC(c1cc2sccc2s1)C(C)(C)C. The summed E-state index contributed by atoms with van der Waals surface area (Å²) in [5.41, 5.74) is 0.266. The van der Waals surface area contributed by atoms with E-state index < -0.39 is 0 Å². The minimum atomic E-state index is 0.266. The highest BCUT2D eigenvalue weighted by Crippen LogP contribution is 2.40. The summed E-state index contributed by atoms with van der Waals surface area (Å²) in [5.74, 6) is 0. The van der Waals surface area contributed by atoms with E-state index in [1.807, 2.05) is 22.7 Å². The van der Waals surface area contributed by atoms with E-state index >= 15 is 0 Å². The van der Waals surface area contributed by atoms with E-state index in [4.69, 9.17) is 0 Å². The van der Waals surface area contributed by atoms with E-state index in [9.17, 15) is 0 Å². The molecule has 17 heavy (non-hydrogen) atoms. The Labute approximate surface area is 112 Å². The van der Waals surface area contributed by atoms with Crippen LogP contribution in [0.2, 0.25) is 0 Å². The van der Waals surface area contributed by atoms with Crippen molar-refractivity contribution in [2.75, 3.05) is 6.54 Å². The fraction of sp³-hybridized carbons (Fsp3) is 0.571. The number of hydrogen-bond donors (Lipinski definition) is 1. The Morgan fingerprint density at radius 3 is 2.65 bits per heavy atom. The molecular weight excluding hydrogens is 246 g/mol. The third-order valence-electron chi connectivity index (χ3n) is 2.91. The van der Waals surface area contributed by atoms with E-state index in [1.165, 1.54) is 20.7 Å². The van der Waals surface area contributed by atoms with Crippen molar-refractivity contribution in [2.24, 2.45) is 5.41 Å². The summed E-state index contributed by atoms with van der Waals surface area (Å²) >= 11 is 3.78. The third kappa shape index (κ3) is 2.90. The molecule has 2 heterocycles. The monoisotopic (exact) mass is 267 g/mol. The quantitative estimate of drug-likeness (QED) is 0.817. The smallest absolute Gasteiger partial charge is 0.0464 e. The van der Waals surface area contributed by atoms with Crippen molar-refractivity contribution >= 4 is 32.1 Å². The maximum Gasteiger partial charge on any atom is 0.0464 e. The van der Waals surface area contributed by atoms with Gasteiger partial charge in [-0.1, -0.05) is 27.7 Å². The van der Waals surface area contributed by atoms with Gasteiger partial charge in [-0.2, -0.15) is 0 Å². The molecule has 2 rings (SSSR count). The molecule has 0 saturated carbocycles. The van der Waals surface area contributed by atoms with Crippen LogP contribution in [0.25, 0.3) is 9.40 Å². The van der Waals surface area contributed by atoms with Gasteiger partial charge in [-0.05, 0) is 35.9 Å². The highest BCUT2D eigenvalue weighted by atomic mass is 32.1. The zero-order valence-corrected chi connectivity index (χ0v) is 12.7. The molecule has 2 aromatic rings. The van der Waals surface area contributed by atoms with Gasteiger partial charge < -0.3 is 5.32 Å². The molecule has 0 bridgehead atoms. The van der Waals surface area contributed by atoms with Gasteiger partial charge in [0.05, 0.1) is 0 Å². The average molecular weight is 267 g/mol. The van der Waals surface area contributed by atoms with Gasteiger partial charge >= 0.3 is 0 Å². The summed E-state index contributed by atoms with van der Waals surface area (Å²) in [6, 6.07) is 5.06. The summed E-state index contributed by atoms with van der Waals surface area (Å²) in [5, 5.41) is 5.87. The first kappa shape index (κ1) is 13.1. The van der Waals surface area contributed by atoms with Crippen LogP contribution in [-0.4, -0.2) is 6.54 Å². The summed E-state index contributed by atoms with van der Waals surface area (Å²) in [7, 11) is 0. The van der Waals surface area contributed by atoms with Crippen LogP contribution in [0.1, 0.15) is 45.0 Å². The van der Waals surface area contributed by atoms with Crippen molar-refractivity contribution in [1.82, 2.24) is 5.32 Å². The van der Waals surface area contributed by atoms with Gasteiger partial charge in [-0.15, -0.1) is 22.7 Å². The van der Waals surface area contributed by atoms with Gasteiger partial charge in [-0.25, -0.2) is 0 Å². The highest BCUT2D eigenvalue weighted by molar-refractivity contribution is 7.26. The standard InChI is InChI=1S/C14H21NS2/c1-5-7-15-13(14(2,3)4)12-9-11-10(17-12)6-8-16-11/h6,8-9,13,15H,5,7H2,1-4H3. The molecule has 0 amide bonds. The number of rotatable bonds is 4. The van der Waals surface area contributed by atoms with Crippen molar-refractivity contribution in [1.29, 1.82) is 0 Å². The molecule has 0 radical (unpaired) electrons. The fourth-order valence-electron chi connectivity index (χ4n) is 2.05. The van der Waals surface area contributed by atoms with E-state index in [2.05, 4.69) is 50.5 Å². The number of thiophene rings is 2. The Kier molecular flexibility index (Phi) is 3.91. The molecule has 0 spiro atoms. The van der Waals surface area contributed by atoms with Gasteiger partial charge in [0.1, 0.15) is 0 Å². The van der Waals surface area contributed by atoms with Crippen molar-refractivity contribution in [3.63, 3.8) is 0 Å². The number of fused-ring (bicyclic) bond motifs is 1. The zero-order chi connectivity index (χ0) is 12.5. The van der Waals surface area contributed by atoms with Crippen molar-refractivity contribution in [2.45, 2.75) is 40.2 Å². The minimum absolute atomic E-state index is 0.266. The summed E-state index contributed by atoms with van der Waals surface area (Å²) < 4.78 is 2.86. The predicted octanol–water partition coefficient (Wildman–Crippen LogP) is 5.05. The maximum absolute atomic E-state index is 3.69. The van der Waals surface area contributed by atoms with E-state index in [1.54, 1.807) is 0 Å². The van der Waals surface area contributed by atoms with Gasteiger partial charge in [0.2, 0.25) is 0 Å². The molecule has 94 valence electrons. The molecule has 0 aliphatic rings. The molecule has 0 fully saturated rings. The molecule has 0 aliphatic carbocycles. The number of nitrogens with one attached hydrogen (secondary N) is 1. The molecule has 0 aliphatic heterocycles. The molecule has 1 nitrogen and oxygen atoms in total. The molecule has 3 heteroatoms. The highest BCUT2D eigenvalue weighted by Gasteiger charge is 2.27. The minimum Gasteiger partial charge on any atom is -0.309 e.